The molecular weight excluding hydrogens is 391 g/mol. The SMILES string of the molecule is COc1ccc2c(C)c(CCC(=O)OC(C)C(=O)c3ccc(F)cc3)c(=O)oc2c1. The van der Waals surface area contributed by atoms with Crippen molar-refractivity contribution in [2.75, 3.05) is 7.11 Å². The maximum Gasteiger partial charge on any atom is 0.339 e. The van der Waals surface area contributed by atoms with Crippen molar-refractivity contribution in [2.24, 2.45) is 0 Å². The minimum atomic E-state index is -1.02. The van der Waals surface area contributed by atoms with Crippen molar-refractivity contribution in [2.45, 2.75) is 32.8 Å². The molecular formula is C23H21FO6. The van der Waals surface area contributed by atoms with Crippen LogP contribution in [0, 0.1) is 12.7 Å². The molecule has 0 aliphatic carbocycles. The van der Waals surface area contributed by atoms with E-state index >= 15 is 0 Å². The number of esters is 1. The Kier molecular flexibility index (Phi) is 6.30. The highest BCUT2D eigenvalue weighted by atomic mass is 19.1. The van der Waals surface area contributed by atoms with Gasteiger partial charge in [-0.25, -0.2) is 9.18 Å². The number of hydrogen-bond acceptors (Lipinski definition) is 6. The molecule has 0 aliphatic heterocycles. The van der Waals surface area contributed by atoms with Crippen molar-refractivity contribution in [3.05, 3.63) is 75.4 Å². The van der Waals surface area contributed by atoms with Crippen LogP contribution in [0.15, 0.2) is 51.7 Å². The highest BCUT2D eigenvalue weighted by Gasteiger charge is 2.20. The number of fused-ring (bicyclic) bond motifs is 1. The molecule has 0 saturated carbocycles. The van der Waals surface area contributed by atoms with Crippen LogP contribution in [0.3, 0.4) is 0 Å². The van der Waals surface area contributed by atoms with Gasteiger partial charge in [0.05, 0.1) is 7.11 Å². The van der Waals surface area contributed by atoms with Gasteiger partial charge < -0.3 is 13.9 Å². The fourth-order valence-electron chi connectivity index (χ4n) is 3.18. The second kappa shape index (κ2) is 8.90. The molecule has 0 aliphatic rings. The van der Waals surface area contributed by atoms with Gasteiger partial charge in [-0.1, -0.05) is 0 Å². The van der Waals surface area contributed by atoms with Gasteiger partial charge in [-0.3, -0.25) is 9.59 Å². The molecule has 1 atom stereocenters. The summed E-state index contributed by atoms with van der Waals surface area (Å²) >= 11 is 0. The summed E-state index contributed by atoms with van der Waals surface area (Å²) in [5, 5.41) is 0.749. The molecule has 1 heterocycles. The minimum absolute atomic E-state index is 0.0890. The van der Waals surface area contributed by atoms with Gasteiger partial charge in [0.15, 0.2) is 6.10 Å². The fourth-order valence-corrected chi connectivity index (χ4v) is 3.18. The minimum Gasteiger partial charge on any atom is -0.497 e. The molecule has 30 heavy (non-hydrogen) atoms. The maximum atomic E-state index is 13.0. The summed E-state index contributed by atoms with van der Waals surface area (Å²) in [6, 6.07) is 10.2. The lowest BCUT2D eigenvalue weighted by atomic mass is 10.0. The predicted molar refractivity (Wildman–Crippen MR) is 108 cm³/mol. The zero-order chi connectivity index (χ0) is 21.8. The first-order valence-electron chi connectivity index (χ1n) is 9.39. The summed E-state index contributed by atoms with van der Waals surface area (Å²) in [5.41, 5.74) is 1.21. The van der Waals surface area contributed by atoms with Gasteiger partial charge in [0.1, 0.15) is 17.1 Å². The molecule has 0 radical (unpaired) electrons. The van der Waals surface area contributed by atoms with Gasteiger partial charge in [-0.2, -0.15) is 0 Å². The summed E-state index contributed by atoms with van der Waals surface area (Å²) in [7, 11) is 1.52. The molecule has 3 rings (SSSR count). The van der Waals surface area contributed by atoms with Crippen LogP contribution in [0.5, 0.6) is 5.75 Å². The van der Waals surface area contributed by atoms with E-state index in [1.165, 1.54) is 38.3 Å². The monoisotopic (exact) mass is 412 g/mol. The molecule has 0 N–H and O–H groups in total. The third kappa shape index (κ3) is 4.56. The number of ether oxygens (including phenoxy) is 2. The van der Waals surface area contributed by atoms with Crippen LogP contribution < -0.4 is 10.4 Å². The van der Waals surface area contributed by atoms with Gasteiger partial charge >= 0.3 is 11.6 Å². The first kappa shape index (κ1) is 21.2. The lowest BCUT2D eigenvalue weighted by Gasteiger charge is -2.13. The summed E-state index contributed by atoms with van der Waals surface area (Å²) in [6.45, 7) is 3.24. The molecule has 1 unspecified atom stereocenters. The van der Waals surface area contributed by atoms with Crippen LogP contribution in [0.25, 0.3) is 11.0 Å². The van der Waals surface area contributed by atoms with Crippen molar-refractivity contribution < 1.29 is 27.9 Å². The number of hydrogen-bond donors (Lipinski definition) is 0. The van der Waals surface area contributed by atoms with Gasteiger partial charge in [-0.15, -0.1) is 0 Å². The predicted octanol–water partition coefficient (Wildman–Crippen LogP) is 4.00. The van der Waals surface area contributed by atoms with Crippen molar-refractivity contribution in [1.82, 2.24) is 0 Å². The first-order valence-corrected chi connectivity index (χ1v) is 9.39. The molecule has 6 nitrogen and oxygen atoms in total. The number of carbonyl (C=O) groups is 2. The Morgan fingerprint density at radius 2 is 1.83 bits per heavy atom. The van der Waals surface area contributed by atoms with E-state index in [-0.39, 0.29) is 18.4 Å². The third-order valence-corrected chi connectivity index (χ3v) is 4.88. The van der Waals surface area contributed by atoms with Crippen LogP contribution in [0.2, 0.25) is 0 Å². The van der Waals surface area contributed by atoms with E-state index in [9.17, 15) is 18.8 Å². The number of halogens is 1. The van der Waals surface area contributed by atoms with Crippen LogP contribution >= 0.6 is 0 Å². The number of carbonyl (C=O) groups excluding carboxylic acids is 2. The zero-order valence-electron chi connectivity index (χ0n) is 16.9. The average molecular weight is 412 g/mol. The second-order valence-corrected chi connectivity index (χ2v) is 6.86. The number of rotatable bonds is 7. The van der Waals surface area contributed by atoms with Crippen LogP contribution in [0.1, 0.15) is 34.8 Å². The number of Topliss-reactive ketones (excluding diaryl/α,β-unsaturated/α-hetero) is 1. The molecule has 7 heteroatoms. The molecule has 156 valence electrons. The molecule has 0 bridgehead atoms. The average Bonchev–Trinajstić information content (AvgIpc) is 2.73. The number of aryl methyl sites for hydroxylation is 1. The number of methoxy groups -OCH3 is 1. The Morgan fingerprint density at radius 1 is 1.13 bits per heavy atom. The number of ketones is 1. The van der Waals surface area contributed by atoms with E-state index < -0.39 is 29.3 Å². The maximum absolute atomic E-state index is 13.0. The van der Waals surface area contributed by atoms with Gasteiger partial charge in [0.2, 0.25) is 5.78 Å². The van der Waals surface area contributed by atoms with E-state index in [2.05, 4.69) is 0 Å². The van der Waals surface area contributed by atoms with Crippen LogP contribution in [-0.4, -0.2) is 25.0 Å². The molecule has 0 amide bonds. The third-order valence-electron chi connectivity index (χ3n) is 4.88. The topological polar surface area (TPSA) is 82.8 Å². The normalized spacial score (nSPS) is 11.9. The molecule has 3 aromatic rings. The van der Waals surface area contributed by atoms with Crippen molar-refractivity contribution in [1.29, 1.82) is 0 Å². The summed E-state index contributed by atoms with van der Waals surface area (Å²) in [4.78, 5) is 36.9. The molecule has 0 fully saturated rings. The Labute approximate surface area is 172 Å². The van der Waals surface area contributed by atoms with E-state index in [4.69, 9.17) is 13.9 Å². The van der Waals surface area contributed by atoms with Crippen LogP contribution in [-0.2, 0) is 16.0 Å². The largest absolute Gasteiger partial charge is 0.497 e. The Balaban J connectivity index is 1.68. The van der Waals surface area contributed by atoms with Crippen molar-refractivity contribution in [3.63, 3.8) is 0 Å². The van der Waals surface area contributed by atoms with Crippen molar-refractivity contribution >= 4 is 22.7 Å². The summed E-state index contributed by atoms with van der Waals surface area (Å²) < 4.78 is 28.7. The van der Waals surface area contributed by atoms with Gasteiger partial charge in [-0.05, 0) is 62.2 Å². The highest BCUT2D eigenvalue weighted by Crippen LogP contribution is 2.24. The Hall–Kier alpha value is -3.48. The van der Waals surface area contributed by atoms with E-state index in [0.717, 1.165) is 5.39 Å². The van der Waals surface area contributed by atoms with Gasteiger partial charge in [0, 0.05) is 29.0 Å². The van der Waals surface area contributed by atoms with E-state index in [0.29, 0.717) is 22.5 Å². The second-order valence-electron chi connectivity index (χ2n) is 6.86. The lowest BCUT2D eigenvalue weighted by molar-refractivity contribution is -0.146. The Bertz CT molecular complexity index is 1150. The number of benzene rings is 2. The first-order chi connectivity index (χ1) is 14.3. The lowest BCUT2D eigenvalue weighted by Crippen LogP contribution is -2.25. The van der Waals surface area contributed by atoms with Gasteiger partial charge in [0.25, 0.3) is 0 Å². The molecule has 0 spiro atoms. The smallest absolute Gasteiger partial charge is 0.339 e. The van der Waals surface area contributed by atoms with E-state index in [1.807, 2.05) is 0 Å². The molecule has 0 saturated heterocycles. The fraction of sp³-hybridized carbons (Fsp3) is 0.261. The summed E-state index contributed by atoms with van der Waals surface area (Å²) in [5.74, 6) is -0.939. The summed E-state index contributed by atoms with van der Waals surface area (Å²) in [6.07, 6.45) is -0.995. The van der Waals surface area contributed by atoms with Crippen LogP contribution in [0.4, 0.5) is 4.39 Å². The van der Waals surface area contributed by atoms with Crippen molar-refractivity contribution in [3.8, 4) is 5.75 Å². The quantitative estimate of drug-likeness (QED) is 0.331. The molecule has 1 aromatic heterocycles. The molecule has 2 aromatic carbocycles. The standard InChI is InChI=1S/C23H21FO6/c1-13-18-9-8-17(28-3)12-20(18)30-23(27)19(13)10-11-21(25)29-14(2)22(26)15-4-6-16(24)7-5-15/h4-9,12,14H,10-11H2,1-3H3. The van der Waals surface area contributed by atoms with E-state index in [1.54, 1.807) is 25.1 Å². The Morgan fingerprint density at radius 3 is 2.50 bits per heavy atom. The highest BCUT2D eigenvalue weighted by molar-refractivity contribution is 6.00. The zero-order valence-corrected chi connectivity index (χ0v) is 16.9.